The molecule has 0 unspecified atom stereocenters. The van der Waals surface area contributed by atoms with Crippen LogP contribution < -0.4 is 0 Å². The van der Waals surface area contributed by atoms with Crippen molar-refractivity contribution in [2.45, 2.75) is 19.4 Å². The Labute approximate surface area is 85.2 Å². The van der Waals surface area contributed by atoms with Crippen molar-refractivity contribution in [3.05, 3.63) is 0 Å². The molecule has 0 N–H and O–H groups in total. The topological polar surface area (TPSA) is 54.0 Å². The molecule has 6 heteroatoms. The first-order valence-corrected chi connectivity index (χ1v) is 6.15. The van der Waals surface area contributed by atoms with Gasteiger partial charge in [0.05, 0.1) is 12.7 Å². The van der Waals surface area contributed by atoms with Crippen molar-refractivity contribution in [2.24, 2.45) is 0 Å². The third-order valence-corrected chi connectivity index (χ3v) is 3.41. The third-order valence-electron chi connectivity index (χ3n) is 1.83. The normalized spacial score (nSPS) is 14.3. The summed E-state index contributed by atoms with van der Waals surface area (Å²) in [7, 11) is 1.22. The summed E-state index contributed by atoms with van der Waals surface area (Å²) in [5.74, 6) is 0. The molecule has 0 fully saturated rings. The molecule has 86 valence electrons. The Morgan fingerprint density at radius 2 is 1.79 bits per heavy atom. The van der Waals surface area contributed by atoms with E-state index >= 15 is 0 Å². The van der Waals surface area contributed by atoms with Gasteiger partial charge < -0.3 is 18.5 Å². The molecular weight excluding hydrogens is 207 g/mol. The van der Waals surface area contributed by atoms with Crippen LogP contribution in [0.2, 0.25) is 0 Å². The van der Waals surface area contributed by atoms with E-state index in [2.05, 4.69) is 0 Å². The number of methoxy groups -OCH3 is 1. The van der Waals surface area contributed by atoms with Gasteiger partial charge in [0.1, 0.15) is 6.35 Å². The SMILES string of the molecule is CC[C@@H](COC)OCP(=O)(OC)OC. The molecule has 0 bridgehead atoms. The van der Waals surface area contributed by atoms with Crippen LogP contribution in [-0.4, -0.2) is 40.4 Å². The first-order valence-electron chi connectivity index (χ1n) is 4.43. The van der Waals surface area contributed by atoms with Gasteiger partial charge in [-0.05, 0) is 6.42 Å². The average Bonchev–Trinajstić information content (AvgIpc) is 2.23. The zero-order valence-corrected chi connectivity index (χ0v) is 10.1. The second-order valence-corrected chi connectivity index (χ2v) is 4.97. The van der Waals surface area contributed by atoms with E-state index < -0.39 is 7.60 Å². The number of hydrogen-bond donors (Lipinski definition) is 0. The quantitative estimate of drug-likeness (QED) is 0.591. The summed E-state index contributed by atoms with van der Waals surface area (Å²) in [4.78, 5) is 0. The van der Waals surface area contributed by atoms with E-state index in [0.29, 0.717) is 6.61 Å². The van der Waals surface area contributed by atoms with Crippen LogP contribution in [0.5, 0.6) is 0 Å². The van der Waals surface area contributed by atoms with Gasteiger partial charge in [-0.25, -0.2) is 0 Å². The maximum atomic E-state index is 11.6. The van der Waals surface area contributed by atoms with E-state index in [4.69, 9.17) is 18.5 Å². The molecule has 0 heterocycles. The number of rotatable bonds is 8. The Balaban J connectivity index is 3.94. The van der Waals surface area contributed by atoms with Crippen molar-refractivity contribution >= 4 is 7.60 Å². The molecule has 0 aromatic heterocycles. The molecule has 0 radical (unpaired) electrons. The Morgan fingerprint density at radius 1 is 1.21 bits per heavy atom. The highest BCUT2D eigenvalue weighted by atomic mass is 31.2. The molecule has 0 aliphatic carbocycles. The van der Waals surface area contributed by atoms with Crippen LogP contribution in [0, 0.1) is 0 Å². The van der Waals surface area contributed by atoms with Crippen LogP contribution >= 0.6 is 7.60 Å². The molecule has 0 rings (SSSR count). The van der Waals surface area contributed by atoms with E-state index in [1.165, 1.54) is 14.2 Å². The predicted octanol–water partition coefficient (Wildman–Crippen LogP) is 1.87. The molecule has 1 atom stereocenters. The molecule has 5 nitrogen and oxygen atoms in total. The molecular formula is C8H19O5P. The van der Waals surface area contributed by atoms with Crippen LogP contribution in [0.25, 0.3) is 0 Å². The van der Waals surface area contributed by atoms with Crippen molar-refractivity contribution in [3.8, 4) is 0 Å². The highest BCUT2D eigenvalue weighted by Gasteiger charge is 2.23. The van der Waals surface area contributed by atoms with E-state index in [1.807, 2.05) is 6.92 Å². The van der Waals surface area contributed by atoms with E-state index in [0.717, 1.165) is 6.42 Å². The first-order chi connectivity index (χ1) is 6.61. The van der Waals surface area contributed by atoms with E-state index in [9.17, 15) is 4.57 Å². The molecule has 0 saturated heterocycles. The fourth-order valence-corrected chi connectivity index (χ4v) is 1.60. The lowest BCUT2D eigenvalue weighted by Crippen LogP contribution is -2.19. The van der Waals surface area contributed by atoms with Gasteiger partial charge in [-0.2, -0.15) is 0 Å². The van der Waals surface area contributed by atoms with Crippen LogP contribution in [0.3, 0.4) is 0 Å². The zero-order chi connectivity index (χ0) is 11.0. The molecule has 14 heavy (non-hydrogen) atoms. The van der Waals surface area contributed by atoms with Crippen LogP contribution in [0.15, 0.2) is 0 Å². The average molecular weight is 226 g/mol. The van der Waals surface area contributed by atoms with Gasteiger partial charge in [-0.1, -0.05) is 6.92 Å². The van der Waals surface area contributed by atoms with Crippen molar-refractivity contribution in [1.29, 1.82) is 0 Å². The van der Waals surface area contributed by atoms with Crippen molar-refractivity contribution < 1.29 is 23.1 Å². The summed E-state index contributed by atoms with van der Waals surface area (Å²) in [6.45, 7) is 2.44. The summed E-state index contributed by atoms with van der Waals surface area (Å²) in [6, 6.07) is 0. The maximum Gasteiger partial charge on any atom is 0.355 e. The van der Waals surface area contributed by atoms with Gasteiger partial charge in [0.25, 0.3) is 0 Å². The van der Waals surface area contributed by atoms with Crippen LogP contribution in [0.4, 0.5) is 0 Å². The Bertz CT molecular complexity index is 177. The summed E-state index contributed by atoms with van der Waals surface area (Å²) in [6.07, 6.45) is 0.682. The standard InChI is InChI=1S/C8H19O5P/c1-5-8(6-10-2)13-7-14(9,11-3)12-4/h8H,5-7H2,1-4H3/t8-/m0/s1. The largest absolute Gasteiger partial charge is 0.382 e. The first kappa shape index (κ1) is 14.1. The third kappa shape index (κ3) is 5.08. The lowest BCUT2D eigenvalue weighted by molar-refractivity contribution is 0.00952. The molecule has 0 aromatic carbocycles. The van der Waals surface area contributed by atoms with Gasteiger partial charge in [0, 0.05) is 21.3 Å². The van der Waals surface area contributed by atoms with Gasteiger partial charge in [-0.15, -0.1) is 0 Å². The predicted molar refractivity (Wildman–Crippen MR) is 53.5 cm³/mol. The Morgan fingerprint density at radius 3 is 2.14 bits per heavy atom. The highest BCUT2D eigenvalue weighted by molar-refractivity contribution is 7.53. The van der Waals surface area contributed by atoms with Crippen molar-refractivity contribution in [1.82, 2.24) is 0 Å². The van der Waals surface area contributed by atoms with Crippen LogP contribution in [0.1, 0.15) is 13.3 Å². The van der Waals surface area contributed by atoms with Gasteiger partial charge >= 0.3 is 7.60 Å². The monoisotopic (exact) mass is 226 g/mol. The van der Waals surface area contributed by atoms with E-state index in [1.54, 1.807) is 7.11 Å². The van der Waals surface area contributed by atoms with E-state index in [-0.39, 0.29) is 12.5 Å². The summed E-state index contributed by atoms with van der Waals surface area (Å²) in [5.41, 5.74) is 0. The fourth-order valence-electron chi connectivity index (χ4n) is 0.846. The smallest absolute Gasteiger partial charge is 0.355 e. The maximum absolute atomic E-state index is 11.6. The molecule has 0 saturated carbocycles. The fraction of sp³-hybridized carbons (Fsp3) is 1.00. The molecule has 0 aliphatic heterocycles. The summed E-state index contributed by atoms with van der Waals surface area (Å²) in [5, 5.41) is 0. The molecule has 0 aromatic rings. The minimum Gasteiger partial charge on any atom is -0.382 e. The second-order valence-electron chi connectivity index (χ2n) is 2.76. The van der Waals surface area contributed by atoms with Gasteiger partial charge in [-0.3, -0.25) is 4.57 Å². The Hall–Kier alpha value is 0.0700. The van der Waals surface area contributed by atoms with Crippen LogP contribution in [-0.2, 0) is 23.1 Å². The van der Waals surface area contributed by atoms with Gasteiger partial charge in [0.2, 0.25) is 0 Å². The summed E-state index contributed by atoms with van der Waals surface area (Å²) >= 11 is 0. The lowest BCUT2D eigenvalue weighted by atomic mass is 10.3. The molecule has 0 amide bonds. The number of hydrogen-bond acceptors (Lipinski definition) is 5. The second kappa shape index (κ2) is 7.37. The Kier molecular flexibility index (Phi) is 7.41. The zero-order valence-electron chi connectivity index (χ0n) is 9.19. The highest BCUT2D eigenvalue weighted by Crippen LogP contribution is 2.46. The van der Waals surface area contributed by atoms with Crippen molar-refractivity contribution in [2.75, 3.05) is 34.3 Å². The molecule has 0 spiro atoms. The molecule has 0 aliphatic rings. The lowest BCUT2D eigenvalue weighted by Gasteiger charge is -2.18. The van der Waals surface area contributed by atoms with Crippen molar-refractivity contribution in [3.63, 3.8) is 0 Å². The number of ether oxygens (including phenoxy) is 2. The minimum atomic E-state index is -3.05. The minimum absolute atomic E-state index is 0.0398. The summed E-state index contributed by atoms with van der Waals surface area (Å²) < 4.78 is 31.3. The van der Waals surface area contributed by atoms with Gasteiger partial charge in [0.15, 0.2) is 0 Å².